The van der Waals surface area contributed by atoms with E-state index in [1.807, 2.05) is 67.5 Å². The molecule has 0 unspecified atom stereocenters. The van der Waals surface area contributed by atoms with Crippen molar-refractivity contribution in [2.24, 2.45) is 11.3 Å². The van der Waals surface area contributed by atoms with Gasteiger partial charge in [-0.15, -0.1) is 0 Å². The van der Waals surface area contributed by atoms with Gasteiger partial charge in [-0.3, -0.25) is 9.69 Å². The Hall–Kier alpha value is -3.48. The molecule has 2 N–H and O–H groups in total. The molecule has 38 heavy (non-hydrogen) atoms. The molecule has 0 spiro atoms. The van der Waals surface area contributed by atoms with E-state index >= 15 is 0 Å². The summed E-state index contributed by atoms with van der Waals surface area (Å²) in [6, 6.07) is 19.6. The predicted octanol–water partition coefficient (Wildman–Crippen LogP) is 7.76. The normalized spacial score (nSPS) is 19.9. The lowest BCUT2D eigenvalue weighted by atomic mass is 9.72. The summed E-state index contributed by atoms with van der Waals surface area (Å²) < 4.78 is 0. The average Bonchev–Trinajstić information content (AvgIpc) is 3.00. The number of nitrogens with one attached hydrogen (secondary N) is 2. The third-order valence-electron chi connectivity index (χ3n) is 7.04. The van der Waals surface area contributed by atoms with Crippen LogP contribution in [-0.2, 0) is 4.79 Å². The number of hydrogen-bond acceptors (Lipinski definition) is 4. The van der Waals surface area contributed by atoms with E-state index in [4.69, 9.17) is 23.2 Å². The molecule has 6 nitrogen and oxygen atoms in total. The van der Waals surface area contributed by atoms with Gasteiger partial charge in [0.25, 0.3) is 0 Å². The SMILES string of the molecule is CN(C)c1ccc([C@H]2[C@H]3C(=O)CC(C)(C)C=C3Nc3ccccc3N2C(=O)Nc2ccc(Cl)c(Cl)c2)cc1. The van der Waals surface area contributed by atoms with Crippen molar-refractivity contribution in [1.82, 2.24) is 0 Å². The maximum absolute atomic E-state index is 14.1. The van der Waals surface area contributed by atoms with Crippen LogP contribution in [0.2, 0.25) is 10.0 Å². The van der Waals surface area contributed by atoms with E-state index in [-0.39, 0.29) is 17.2 Å². The van der Waals surface area contributed by atoms with E-state index in [0.717, 1.165) is 22.6 Å². The minimum Gasteiger partial charge on any atom is -0.378 e. The van der Waals surface area contributed by atoms with E-state index in [1.165, 1.54) is 0 Å². The molecule has 5 rings (SSSR count). The number of carbonyl (C=O) groups is 2. The van der Waals surface area contributed by atoms with E-state index in [2.05, 4.69) is 30.6 Å². The first-order valence-corrected chi connectivity index (χ1v) is 13.2. The molecule has 0 saturated heterocycles. The maximum atomic E-state index is 14.1. The number of benzene rings is 3. The Labute approximate surface area is 233 Å². The lowest BCUT2D eigenvalue weighted by Crippen LogP contribution is -2.45. The van der Waals surface area contributed by atoms with Crippen molar-refractivity contribution in [2.75, 3.05) is 34.5 Å². The standard InChI is InChI=1S/C30H30Cl2N4O2/c1-30(2)16-24-27(26(37)17-30)28(18-9-12-20(13-10-18)35(3)4)36(25-8-6-5-7-23(25)34-24)29(38)33-19-11-14-21(31)22(32)15-19/h5-16,27-28,34H,17H2,1-4H3,(H,33,38)/t27-,28+/m1/s1. The predicted molar refractivity (Wildman–Crippen MR) is 157 cm³/mol. The van der Waals surface area contributed by atoms with Crippen LogP contribution in [0.15, 0.2) is 78.5 Å². The van der Waals surface area contributed by atoms with Gasteiger partial charge in [-0.1, -0.05) is 67.4 Å². The molecule has 196 valence electrons. The first-order valence-electron chi connectivity index (χ1n) is 12.5. The maximum Gasteiger partial charge on any atom is 0.327 e. The Bertz CT molecular complexity index is 1430. The molecule has 0 fully saturated rings. The number of hydrogen-bond donors (Lipinski definition) is 2. The van der Waals surface area contributed by atoms with Gasteiger partial charge in [-0.05, 0) is 53.4 Å². The summed E-state index contributed by atoms with van der Waals surface area (Å²) in [5.41, 5.74) is 4.33. The van der Waals surface area contributed by atoms with E-state index in [0.29, 0.717) is 27.8 Å². The minimum absolute atomic E-state index is 0.0850. The number of Topliss-reactive ketones (excluding diaryl/α,β-unsaturated/α-hetero) is 1. The number of para-hydroxylation sites is 2. The van der Waals surface area contributed by atoms with Crippen LogP contribution in [-0.4, -0.2) is 25.9 Å². The highest BCUT2D eigenvalue weighted by atomic mass is 35.5. The van der Waals surface area contributed by atoms with E-state index in [9.17, 15) is 9.59 Å². The summed E-state index contributed by atoms with van der Waals surface area (Å²) in [6.07, 6.45) is 2.52. The molecule has 1 aliphatic carbocycles. The highest BCUT2D eigenvalue weighted by molar-refractivity contribution is 6.42. The van der Waals surface area contributed by atoms with Crippen LogP contribution in [0.25, 0.3) is 0 Å². The van der Waals surface area contributed by atoms with Crippen LogP contribution in [0.3, 0.4) is 0 Å². The second kappa shape index (κ2) is 10.0. The number of nitrogens with zero attached hydrogens (tertiary/aromatic N) is 2. The van der Waals surface area contributed by atoms with Crippen molar-refractivity contribution in [1.29, 1.82) is 0 Å². The Morgan fingerprint density at radius 1 is 1.03 bits per heavy atom. The summed E-state index contributed by atoms with van der Waals surface area (Å²) in [5, 5.41) is 7.24. The van der Waals surface area contributed by atoms with E-state index < -0.39 is 12.0 Å². The number of ketones is 1. The van der Waals surface area contributed by atoms with Gasteiger partial charge in [0, 0.05) is 37.6 Å². The fourth-order valence-electron chi connectivity index (χ4n) is 5.30. The lowest BCUT2D eigenvalue weighted by Gasteiger charge is -2.39. The average molecular weight is 550 g/mol. The molecule has 1 heterocycles. The number of carbonyl (C=O) groups excluding carboxylic acids is 2. The first kappa shape index (κ1) is 26.1. The molecular formula is C30H30Cl2N4O2. The molecular weight excluding hydrogens is 519 g/mol. The molecule has 3 aromatic rings. The molecule has 0 radical (unpaired) electrons. The van der Waals surface area contributed by atoms with Gasteiger partial charge >= 0.3 is 6.03 Å². The number of halogens is 2. The molecule has 0 bridgehead atoms. The summed E-state index contributed by atoms with van der Waals surface area (Å²) in [7, 11) is 3.96. The molecule has 2 atom stereocenters. The van der Waals surface area contributed by atoms with Crippen molar-refractivity contribution in [3.05, 3.63) is 94.1 Å². The molecule has 2 amide bonds. The minimum atomic E-state index is -0.583. The van der Waals surface area contributed by atoms with Crippen LogP contribution >= 0.6 is 23.2 Å². The van der Waals surface area contributed by atoms with Crippen molar-refractivity contribution < 1.29 is 9.59 Å². The Morgan fingerprint density at radius 2 is 1.74 bits per heavy atom. The van der Waals surface area contributed by atoms with Crippen molar-refractivity contribution in [3.8, 4) is 0 Å². The Kier molecular flexibility index (Phi) is 6.88. The van der Waals surface area contributed by atoms with Crippen LogP contribution in [0, 0.1) is 11.3 Å². The Balaban J connectivity index is 1.69. The highest BCUT2D eigenvalue weighted by Crippen LogP contribution is 2.48. The number of urea groups is 1. The monoisotopic (exact) mass is 548 g/mol. The van der Waals surface area contributed by atoms with Gasteiger partial charge in [0.1, 0.15) is 5.78 Å². The molecule has 2 aliphatic rings. The van der Waals surface area contributed by atoms with Gasteiger partial charge in [0.15, 0.2) is 0 Å². The van der Waals surface area contributed by atoms with Crippen molar-refractivity contribution in [2.45, 2.75) is 26.3 Å². The number of amides is 2. The van der Waals surface area contributed by atoms with Crippen LogP contribution in [0.1, 0.15) is 31.9 Å². The Morgan fingerprint density at radius 3 is 2.42 bits per heavy atom. The number of rotatable bonds is 3. The van der Waals surface area contributed by atoms with Crippen molar-refractivity contribution >= 4 is 57.8 Å². The second-order valence-electron chi connectivity index (χ2n) is 10.7. The van der Waals surface area contributed by atoms with Crippen LogP contribution in [0.5, 0.6) is 0 Å². The molecule has 1 aliphatic heterocycles. The van der Waals surface area contributed by atoms with Crippen molar-refractivity contribution in [3.63, 3.8) is 0 Å². The zero-order chi connectivity index (χ0) is 27.2. The number of fused-ring (bicyclic) bond motifs is 2. The van der Waals surface area contributed by atoms with Crippen LogP contribution in [0.4, 0.5) is 27.5 Å². The smallest absolute Gasteiger partial charge is 0.327 e. The zero-order valence-corrected chi connectivity index (χ0v) is 23.3. The summed E-state index contributed by atoms with van der Waals surface area (Å²) in [6.45, 7) is 4.12. The highest BCUT2D eigenvalue weighted by Gasteiger charge is 2.46. The van der Waals surface area contributed by atoms with E-state index in [1.54, 1.807) is 23.1 Å². The molecule has 0 saturated carbocycles. The molecule has 0 aromatic heterocycles. The van der Waals surface area contributed by atoms with Gasteiger partial charge in [0.2, 0.25) is 0 Å². The molecule has 3 aromatic carbocycles. The van der Waals surface area contributed by atoms with Gasteiger partial charge < -0.3 is 15.5 Å². The van der Waals surface area contributed by atoms with Gasteiger partial charge in [-0.2, -0.15) is 0 Å². The topological polar surface area (TPSA) is 64.7 Å². The quantitative estimate of drug-likeness (QED) is 0.351. The first-order chi connectivity index (χ1) is 18.0. The van der Waals surface area contributed by atoms with Gasteiger partial charge in [0.05, 0.1) is 33.4 Å². The lowest BCUT2D eigenvalue weighted by molar-refractivity contribution is -0.124. The van der Waals surface area contributed by atoms with Gasteiger partial charge in [-0.25, -0.2) is 4.79 Å². The van der Waals surface area contributed by atoms with Crippen LogP contribution < -0.4 is 20.4 Å². The fourth-order valence-corrected chi connectivity index (χ4v) is 5.60. The third-order valence-corrected chi connectivity index (χ3v) is 7.77. The fraction of sp³-hybridized carbons (Fsp3) is 0.267. The summed E-state index contributed by atoms with van der Waals surface area (Å²) >= 11 is 12.3. The number of anilines is 4. The summed E-state index contributed by atoms with van der Waals surface area (Å²) in [4.78, 5) is 31.7. The zero-order valence-electron chi connectivity index (χ0n) is 21.8. The third kappa shape index (κ3) is 4.98. The summed E-state index contributed by atoms with van der Waals surface area (Å²) in [5.74, 6) is -0.484. The number of allylic oxidation sites excluding steroid dienone is 1. The largest absolute Gasteiger partial charge is 0.378 e. The molecule has 8 heteroatoms. The second-order valence-corrected chi connectivity index (χ2v) is 11.5.